The van der Waals surface area contributed by atoms with E-state index in [0.717, 1.165) is 24.5 Å². The van der Waals surface area contributed by atoms with Gasteiger partial charge in [0.1, 0.15) is 6.61 Å². The molecule has 3 nitrogen and oxygen atoms in total. The molecule has 1 unspecified atom stereocenters. The molecule has 0 bridgehead atoms. The minimum absolute atomic E-state index is 0.102. The minimum atomic E-state index is -0.102. The van der Waals surface area contributed by atoms with Gasteiger partial charge in [-0.2, -0.15) is 0 Å². The fourth-order valence-electron chi connectivity index (χ4n) is 3.44. The highest BCUT2D eigenvalue weighted by Gasteiger charge is 2.04. The van der Waals surface area contributed by atoms with Crippen molar-refractivity contribution in [1.29, 1.82) is 0 Å². The second-order valence-electron chi connectivity index (χ2n) is 8.28. The second kappa shape index (κ2) is 17.7. The van der Waals surface area contributed by atoms with E-state index in [1.54, 1.807) is 6.20 Å². The Morgan fingerprint density at radius 1 is 0.893 bits per heavy atom. The molecule has 1 atom stereocenters. The first-order valence-corrected chi connectivity index (χ1v) is 11.8. The van der Waals surface area contributed by atoms with E-state index in [4.69, 9.17) is 4.74 Å². The monoisotopic (exact) mass is 389 g/mol. The number of unbranched alkanes of at least 4 members (excludes halogenated alkanes) is 11. The maximum Gasteiger partial charge on any atom is 0.306 e. The normalized spacial score (nSPS) is 12.1. The molecule has 0 aromatic carbocycles. The lowest BCUT2D eigenvalue weighted by Gasteiger charge is -2.07. The van der Waals surface area contributed by atoms with Crippen LogP contribution in [0.25, 0.3) is 0 Å². The van der Waals surface area contributed by atoms with Crippen molar-refractivity contribution in [2.24, 2.45) is 5.92 Å². The van der Waals surface area contributed by atoms with Gasteiger partial charge >= 0.3 is 5.97 Å². The maximum absolute atomic E-state index is 11.7. The van der Waals surface area contributed by atoms with Gasteiger partial charge in [0.15, 0.2) is 0 Å². The summed E-state index contributed by atoms with van der Waals surface area (Å²) in [5, 5.41) is 0. The van der Waals surface area contributed by atoms with Crippen LogP contribution in [-0.2, 0) is 16.1 Å². The van der Waals surface area contributed by atoms with Gasteiger partial charge in [0.25, 0.3) is 0 Å². The van der Waals surface area contributed by atoms with Crippen LogP contribution in [0.15, 0.2) is 24.4 Å². The van der Waals surface area contributed by atoms with Crippen molar-refractivity contribution in [3.63, 3.8) is 0 Å². The first-order chi connectivity index (χ1) is 13.7. The van der Waals surface area contributed by atoms with Gasteiger partial charge in [-0.25, -0.2) is 0 Å². The second-order valence-corrected chi connectivity index (χ2v) is 8.28. The van der Waals surface area contributed by atoms with Crippen LogP contribution in [0.1, 0.15) is 116 Å². The first kappa shape index (κ1) is 24.7. The molecule has 0 fully saturated rings. The van der Waals surface area contributed by atoms with Gasteiger partial charge in [-0.15, -0.1) is 0 Å². The van der Waals surface area contributed by atoms with E-state index >= 15 is 0 Å². The van der Waals surface area contributed by atoms with Gasteiger partial charge in [-0.3, -0.25) is 9.78 Å². The average molecular weight is 390 g/mol. The zero-order valence-corrected chi connectivity index (χ0v) is 18.5. The van der Waals surface area contributed by atoms with Gasteiger partial charge in [0, 0.05) is 12.6 Å². The number of carbonyl (C=O) groups is 1. The summed E-state index contributed by atoms with van der Waals surface area (Å²) in [7, 11) is 0. The molecule has 0 aliphatic heterocycles. The Hall–Kier alpha value is -1.38. The Kier molecular flexibility index (Phi) is 15.6. The van der Waals surface area contributed by atoms with Crippen molar-refractivity contribution in [3.8, 4) is 0 Å². The van der Waals surface area contributed by atoms with Crippen molar-refractivity contribution in [1.82, 2.24) is 4.98 Å². The van der Waals surface area contributed by atoms with E-state index in [-0.39, 0.29) is 12.6 Å². The lowest BCUT2D eigenvalue weighted by atomic mass is 9.99. The van der Waals surface area contributed by atoms with Crippen LogP contribution >= 0.6 is 0 Å². The molecule has 0 aliphatic rings. The molecular formula is C25H43NO2. The summed E-state index contributed by atoms with van der Waals surface area (Å²) in [6.07, 6.45) is 20.8. The SMILES string of the molecule is CCC(C)CCCCCCCCCCCCCCC(=O)OCc1ccccn1. The summed E-state index contributed by atoms with van der Waals surface area (Å²) in [6, 6.07) is 5.65. The van der Waals surface area contributed by atoms with Crippen molar-refractivity contribution in [2.75, 3.05) is 0 Å². The topological polar surface area (TPSA) is 39.2 Å². The van der Waals surface area contributed by atoms with Crippen molar-refractivity contribution >= 4 is 5.97 Å². The smallest absolute Gasteiger partial charge is 0.306 e. The fraction of sp³-hybridized carbons (Fsp3) is 0.760. The molecule has 28 heavy (non-hydrogen) atoms. The third kappa shape index (κ3) is 14.6. The van der Waals surface area contributed by atoms with E-state index in [9.17, 15) is 4.79 Å². The molecule has 160 valence electrons. The molecule has 0 saturated heterocycles. The highest BCUT2D eigenvalue weighted by atomic mass is 16.5. The third-order valence-electron chi connectivity index (χ3n) is 5.63. The zero-order chi connectivity index (χ0) is 20.3. The summed E-state index contributed by atoms with van der Waals surface area (Å²) >= 11 is 0. The minimum Gasteiger partial charge on any atom is -0.459 e. The number of hydrogen-bond acceptors (Lipinski definition) is 3. The van der Waals surface area contributed by atoms with Crippen LogP contribution < -0.4 is 0 Å². The van der Waals surface area contributed by atoms with E-state index in [2.05, 4.69) is 18.8 Å². The molecule has 1 rings (SSSR count). The molecule has 0 amide bonds. The molecule has 1 aromatic rings. The lowest BCUT2D eigenvalue weighted by Crippen LogP contribution is -2.05. The Labute approximate surface area is 173 Å². The number of aromatic nitrogens is 1. The van der Waals surface area contributed by atoms with Gasteiger partial charge in [-0.1, -0.05) is 103 Å². The number of pyridine rings is 1. The summed E-state index contributed by atoms with van der Waals surface area (Å²) < 4.78 is 5.25. The van der Waals surface area contributed by atoms with E-state index in [0.29, 0.717) is 6.42 Å². The van der Waals surface area contributed by atoms with Gasteiger partial charge < -0.3 is 4.74 Å². The quantitative estimate of drug-likeness (QED) is 0.191. The Morgan fingerprint density at radius 2 is 1.46 bits per heavy atom. The van der Waals surface area contributed by atoms with Gasteiger partial charge in [0.2, 0.25) is 0 Å². The fourth-order valence-corrected chi connectivity index (χ4v) is 3.44. The van der Waals surface area contributed by atoms with Crippen LogP contribution in [0.5, 0.6) is 0 Å². The van der Waals surface area contributed by atoms with E-state index in [1.807, 2.05) is 18.2 Å². The average Bonchev–Trinajstić information content (AvgIpc) is 2.73. The lowest BCUT2D eigenvalue weighted by molar-refractivity contribution is -0.145. The molecule has 0 N–H and O–H groups in total. The van der Waals surface area contributed by atoms with E-state index in [1.165, 1.54) is 77.0 Å². The summed E-state index contributed by atoms with van der Waals surface area (Å²) in [5.74, 6) is 0.812. The molecule has 0 saturated carbocycles. The maximum atomic E-state index is 11.7. The summed E-state index contributed by atoms with van der Waals surface area (Å²) in [5.41, 5.74) is 0.807. The van der Waals surface area contributed by atoms with Crippen LogP contribution in [0.3, 0.4) is 0 Å². The van der Waals surface area contributed by atoms with Crippen LogP contribution in [-0.4, -0.2) is 11.0 Å². The van der Waals surface area contributed by atoms with E-state index < -0.39 is 0 Å². The number of hydrogen-bond donors (Lipinski definition) is 0. The first-order valence-electron chi connectivity index (χ1n) is 11.8. The number of esters is 1. The van der Waals surface area contributed by atoms with Crippen molar-refractivity contribution in [3.05, 3.63) is 30.1 Å². The van der Waals surface area contributed by atoms with Crippen LogP contribution in [0.4, 0.5) is 0 Å². The Morgan fingerprint density at radius 3 is 2.00 bits per heavy atom. The van der Waals surface area contributed by atoms with Crippen molar-refractivity contribution < 1.29 is 9.53 Å². The van der Waals surface area contributed by atoms with Crippen LogP contribution in [0.2, 0.25) is 0 Å². The van der Waals surface area contributed by atoms with Crippen molar-refractivity contribution in [2.45, 2.75) is 117 Å². The third-order valence-corrected chi connectivity index (χ3v) is 5.63. The molecule has 0 aliphatic carbocycles. The van der Waals surface area contributed by atoms with Gasteiger partial charge in [0.05, 0.1) is 5.69 Å². The molecule has 1 aromatic heterocycles. The molecule has 0 spiro atoms. The summed E-state index contributed by atoms with van der Waals surface area (Å²) in [4.78, 5) is 15.9. The molecule has 1 heterocycles. The van der Waals surface area contributed by atoms with Crippen LogP contribution in [0, 0.1) is 5.92 Å². The molecular weight excluding hydrogens is 346 g/mol. The number of rotatable bonds is 18. The highest BCUT2D eigenvalue weighted by molar-refractivity contribution is 5.69. The predicted molar refractivity (Wildman–Crippen MR) is 118 cm³/mol. The highest BCUT2D eigenvalue weighted by Crippen LogP contribution is 2.15. The summed E-state index contributed by atoms with van der Waals surface area (Å²) in [6.45, 7) is 4.96. The molecule has 3 heteroatoms. The predicted octanol–water partition coefficient (Wildman–Crippen LogP) is 7.63. The Bertz CT molecular complexity index is 475. The Balaban J connectivity index is 1.77. The van der Waals surface area contributed by atoms with Gasteiger partial charge in [-0.05, 0) is 24.5 Å². The largest absolute Gasteiger partial charge is 0.459 e. The number of ether oxygens (including phenoxy) is 1. The molecule has 0 radical (unpaired) electrons. The zero-order valence-electron chi connectivity index (χ0n) is 18.5. The standard InChI is InChI=1S/C25H43NO2/c1-3-23(2)18-14-12-10-8-6-4-5-7-9-11-13-15-20-25(27)28-22-24-19-16-17-21-26-24/h16-17,19,21,23H,3-15,18,20,22H2,1-2H3. The number of nitrogens with zero attached hydrogens (tertiary/aromatic N) is 1. The number of carbonyl (C=O) groups excluding carboxylic acids is 1.